The Labute approximate surface area is 155 Å². The minimum atomic E-state index is -0.782. The smallest absolute Gasteiger partial charge is 0.303 e. The summed E-state index contributed by atoms with van der Waals surface area (Å²) in [4.78, 5) is 50.6. The van der Waals surface area contributed by atoms with Crippen molar-refractivity contribution in [3.8, 4) is 0 Å². The fourth-order valence-electron chi connectivity index (χ4n) is 4.59. The average molecular weight is 369 g/mol. The molecule has 7 heteroatoms. The van der Waals surface area contributed by atoms with Gasteiger partial charge in [-0.15, -0.1) is 0 Å². The van der Waals surface area contributed by atoms with E-state index in [2.05, 4.69) is 0 Å². The van der Waals surface area contributed by atoms with Crippen LogP contribution in [0.15, 0.2) is 42.5 Å². The molecule has 1 aromatic rings. The summed E-state index contributed by atoms with van der Waals surface area (Å²) in [5, 5.41) is 0. The number of imide groups is 1. The summed E-state index contributed by atoms with van der Waals surface area (Å²) in [6.45, 7) is 2.54. The molecule has 27 heavy (non-hydrogen) atoms. The number of amides is 2. The first-order valence-corrected chi connectivity index (χ1v) is 8.86. The lowest BCUT2D eigenvalue weighted by molar-refractivity contribution is -0.187. The Balaban J connectivity index is 1.74. The second-order valence-corrected chi connectivity index (χ2v) is 7.09. The van der Waals surface area contributed by atoms with Gasteiger partial charge in [-0.3, -0.25) is 24.1 Å². The SMILES string of the molecule is CC(=O)O[C@@H]1[C@@H]2C=C[C@H]([C@@H]1OC(C)=O)[C@H]1C(=O)N(c3ccccc3)C(=O)[C@@H]21. The Morgan fingerprint density at radius 3 is 1.67 bits per heavy atom. The van der Waals surface area contributed by atoms with Gasteiger partial charge in [0.2, 0.25) is 11.8 Å². The van der Waals surface area contributed by atoms with E-state index in [1.165, 1.54) is 18.7 Å². The minimum absolute atomic E-state index is 0.311. The Morgan fingerprint density at radius 2 is 1.26 bits per heavy atom. The number of carbonyl (C=O) groups excluding carboxylic acids is 4. The van der Waals surface area contributed by atoms with Crippen LogP contribution in [0, 0.1) is 23.7 Å². The van der Waals surface area contributed by atoms with Gasteiger partial charge in [0, 0.05) is 25.7 Å². The lowest BCUT2D eigenvalue weighted by atomic mass is 9.60. The first-order valence-electron chi connectivity index (χ1n) is 8.86. The largest absolute Gasteiger partial charge is 0.458 e. The highest BCUT2D eigenvalue weighted by Crippen LogP contribution is 2.52. The number of anilines is 1. The Hall–Kier alpha value is -2.96. The molecule has 7 nitrogen and oxygen atoms in total. The van der Waals surface area contributed by atoms with Crippen LogP contribution in [0.4, 0.5) is 5.69 Å². The van der Waals surface area contributed by atoms with Crippen molar-refractivity contribution in [2.75, 3.05) is 4.90 Å². The van der Waals surface area contributed by atoms with Crippen molar-refractivity contribution in [3.05, 3.63) is 42.5 Å². The molecule has 4 aliphatic rings. The van der Waals surface area contributed by atoms with Gasteiger partial charge in [0.1, 0.15) is 12.2 Å². The van der Waals surface area contributed by atoms with Crippen molar-refractivity contribution >= 4 is 29.4 Å². The van der Waals surface area contributed by atoms with Gasteiger partial charge < -0.3 is 9.47 Å². The number of ether oxygens (including phenoxy) is 2. The van der Waals surface area contributed by atoms with Crippen LogP contribution in [0.25, 0.3) is 0 Å². The number of benzene rings is 1. The molecule has 1 saturated heterocycles. The fraction of sp³-hybridized carbons (Fsp3) is 0.400. The second-order valence-electron chi connectivity index (χ2n) is 7.09. The molecule has 1 saturated carbocycles. The average Bonchev–Trinajstić information content (AvgIpc) is 2.90. The van der Waals surface area contributed by atoms with Crippen molar-refractivity contribution < 1.29 is 28.7 Å². The number of hydrogen-bond donors (Lipinski definition) is 0. The topological polar surface area (TPSA) is 90.0 Å². The Kier molecular flexibility index (Phi) is 4.09. The third-order valence-electron chi connectivity index (χ3n) is 5.48. The maximum Gasteiger partial charge on any atom is 0.303 e. The molecule has 0 radical (unpaired) electrons. The van der Waals surface area contributed by atoms with Crippen LogP contribution in [0.1, 0.15) is 13.8 Å². The monoisotopic (exact) mass is 369 g/mol. The van der Waals surface area contributed by atoms with Gasteiger partial charge in [0.25, 0.3) is 0 Å². The number of hydrogen-bond acceptors (Lipinski definition) is 6. The molecule has 3 aliphatic carbocycles. The molecule has 6 atom stereocenters. The summed E-state index contributed by atoms with van der Waals surface area (Å²) in [6.07, 6.45) is 2.04. The number of rotatable bonds is 3. The molecular weight excluding hydrogens is 350 g/mol. The number of fused-ring (bicyclic) bond motifs is 1. The lowest BCUT2D eigenvalue weighted by Gasteiger charge is -2.47. The van der Waals surface area contributed by atoms with E-state index < -0.39 is 47.8 Å². The third kappa shape index (κ3) is 2.65. The molecule has 2 amide bonds. The van der Waals surface area contributed by atoms with E-state index >= 15 is 0 Å². The molecule has 0 spiro atoms. The lowest BCUT2D eigenvalue weighted by Crippen LogP contribution is -2.58. The predicted molar refractivity (Wildman–Crippen MR) is 93.1 cm³/mol. The van der Waals surface area contributed by atoms with Crippen LogP contribution in [0.5, 0.6) is 0 Å². The molecule has 0 aromatic heterocycles. The molecule has 2 fully saturated rings. The van der Waals surface area contributed by atoms with Crippen molar-refractivity contribution in [1.29, 1.82) is 0 Å². The van der Waals surface area contributed by atoms with Crippen LogP contribution >= 0.6 is 0 Å². The number of nitrogens with zero attached hydrogens (tertiary/aromatic N) is 1. The molecule has 0 unspecified atom stereocenters. The van der Waals surface area contributed by atoms with E-state index in [-0.39, 0.29) is 11.8 Å². The van der Waals surface area contributed by atoms with Crippen LogP contribution in [-0.4, -0.2) is 36.0 Å². The van der Waals surface area contributed by atoms with Crippen molar-refractivity contribution in [2.45, 2.75) is 26.1 Å². The summed E-state index contributed by atoms with van der Waals surface area (Å²) in [5.74, 6) is -3.97. The van der Waals surface area contributed by atoms with E-state index in [9.17, 15) is 19.2 Å². The van der Waals surface area contributed by atoms with Crippen LogP contribution in [-0.2, 0) is 28.7 Å². The minimum Gasteiger partial charge on any atom is -0.458 e. The molecule has 1 aromatic carbocycles. The van der Waals surface area contributed by atoms with Gasteiger partial charge in [-0.2, -0.15) is 0 Å². The molecular formula is C20H19NO6. The summed E-state index contributed by atoms with van der Waals surface area (Å²) in [5.41, 5.74) is 0.509. The quantitative estimate of drug-likeness (QED) is 0.455. The summed E-state index contributed by atoms with van der Waals surface area (Å²) in [7, 11) is 0. The highest BCUT2D eigenvalue weighted by atomic mass is 16.6. The highest BCUT2D eigenvalue weighted by molar-refractivity contribution is 6.22. The van der Waals surface area contributed by atoms with Gasteiger partial charge in [0.15, 0.2) is 0 Å². The molecule has 140 valence electrons. The Bertz CT molecular complexity index is 797. The van der Waals surface area contributed by atoms with Crippen LogP contribution < -0.4 is 4.90 Å². The van der Waals surface area contributed by atoms with Crippen LogP contribution in [0.2, 0.25) is 0 Å². The summed E-state index contributed by atoms with van der Waals surface area (Å²) < 4.78 is 10.8. The summed E-state index contributed by atoms with van der Waals surface area (Å²) >= 11 is 0. The molecule has 5 rings (SSSR count). The molecule has 1 heterocycles. The summed E-state index contributed by atoms with van der Waals surface area (Å²) in [6, 6.07) is 8.73. The first-order chi connectivity index (χ1) is 12.9. The van der Waals surface area contributed by atoms with Crippen molar-refractivity contribution in [3.63, 3.8) is 0 Å². The standard InChI is InChI=1S/C20H19NO6/c1-10(22)26-17-13-8-9-14(18(17)27-11(2)23)16-15(13)19(24)21(20(16)25)12-6-4-3-5-7-12/h3-9,13-18H,1-2H3/t13-,14+,15+,16-,17-,18+. The van der Waals surface area contributed by atoms with Gasteiger partial charge in [-0.25, -0.2) is 0 Å². The maximum atomic E-state index is 13.1. The first kappa shape index (κ1) is 17.5. The number of esters is 2. The molecule has 1 aliphatic heterocycles. The zero-order chi connectivity index (χ0) is 19.3. The molecule has 0 N–H and O–H groups in total. The zero-order valence-corrected chi connectivity index (χ0v) is 14.9. The normalized spacial score (nSPS) is 33.8. The second kappa shape index (κ2) is 6.33. The van der Waals surface area contributed by atoms with Gasteiger partial charge in [-0.1, -0.05) is 30.4 Å². The van der Waals surface area contributed by atoms with Crippen molar-refractivity contribution in [2.24, 2.45) is 23.7 Å². The fourth-order valence-corrected chi connectivity index (χ4v) is 4.59. The van der Waals surface area contributed by atoms with E-state index in [0.29, 0.717) is 5.69 Å². The number of carbonyl (C=O) groups is 4. The van der Waals surface area contributed by atoms with Gasteiger partial charge in [0.05, 0.1) is 17.5 Å². The van der Waals surface area contributed by atoms with Gasteiger partial charge in [-0.05, 0) is 12.1 Å². The van der Waals surface area contributed by atoms with E-state index in [1.807, 2.05) is 0 Å². The van der Waals surface area contributed by atoms with Crippen LogP contribution in [0.3, 0.4) is 0 Å². The predicted octanol–water partition coefficient (Wildman–Crippen LogP) is 1.47. The highest BCUT2D eigenvalue weighted by Gasteiger charge is 2.64. The molecule has 2 bridgehead atoms. The number of para-hydroxylation sites is 1. The van der Waals surface area contributed by atoms with E-state index in [1.54, 1.807) is 42.5 Å². The van der Waals surface area contributed by atoms with Gasteiger partial charge >= 0.3 is 11.9 Å². The van der Waals surface area contributed by atoms with E-state index in [4.69, 9.17) is 9.47 Å². The zero-order valence-electron chi connectivity index (χ0n) is 14.9. The van der Waals surface area contributed by atoms with Crippen molar-refractivity contribution in [1.82, 2.24) is 0 Å². The van der Waals surface area contributed by atoms with E-state index in [0.717, 1.165) is 0 Å². The third-order valence-corrected chi connectivity index (χ3v) is 5.48. The maximum absolute atomic E-state index is 13.1. The Morgan fingerprint density at radius 1 is 0.815 bits per heavy atom.